The molecule has 0 radical (unpaired) electrons. The van der Waals surface area contributed by atoms with Crippen molar-refractivity contribution in [3.05, 3.63) is 71.4 Å². The molecule has 140 valence electrons. The highest BCUT2D eigenvalue weighted by Gasteiger charge is 2.15. The van der Waals surface area contributed by atoms with Crippen molar-refractivity contribution in [3.8, 4) is 16.9 Å². The number of methoxy groups -OCH3 is 1. The van der Waals surface area contributed by atoms with Crippen LogP contribution in [0.25, 0.3) is 21.3 Å². The van der Waals surface area contributed by atoms with Crippen LogP contribution in [0, 0.1) is 6.92 Å². The van der Waals surface area contributed by atoms with Crippen molar-refractivity contribution in [2.45, 2.75) is 11.9 Å². The summed E-state index contributed by atoms with van der Waals surface area (Å²) in [6.45, 7) is 2.07. The molecular weight excluding hydrogens is 388 g/mol. The van der Waals surface area contributed by atoms with Gasteiger partial charge >= 0.3 is 0 Å². The highest BCUT2D eigenvalue weighted by molar-refractivity contribution is 8.00. The van der Waals surface area contributed by atoms with E-state index in [1.165, 1.54) is 17.3 Å². The predicted octanol–water partition coefficient (Wildman–Crippen LogP) is 5.65. The molecule has 0 atom stereocenters. The van der Waals surface area contributed by atoms with E-state index in [0.29, 0.717) is 17.1 Å². The van der Waals surface area contributed by atoms with Crippen LogP contribution >= 0.6 is 23.1 Å². The quantitative estimate of drug-likeness (QED) is 0.235. The number of ketones is 1. The zero-order valence-electron chi connectivity index (χ0n) is 15.5. The van der Waals surface area contributed by atoms with Gasteiger partial charge in [-0.3, -0.25) is 4.79 Å². The van der Waals surface area contributed by atoms with Gasteiger partial charge in [-0.2, -0.15) is 0 Å². The molecular formula is C22H18N2O2S2. The first-order valence-electron chi connectivity index (χ1n) is 8.75. The molecule has 6 heteroatoms. The number of carbonyl (C=O) groups excluding carboxylic acids is 1. The number of carbonyl (C=O) groups is 1. The second-order valence-electron chi connectivity index (χ2n) is 6.32. The first-order valence-corrected chi connectivity index (χ1v) is 10.6. The molecule has 0 aliphatic heterocycles. The van der Waals surface area contributed by atoms with Gasteiger partial charge in [-0.15, -0.1) is 11.3 Å². The molecule has 4 aromatic rings. The summed E-state index contributed by atoms with van der Waals surface area (Å²) in [5, 5.41) is 3.95. The molecule has 0 aliphatic carbocycles. The molecule has 0 fully saturated rings. The smallest absolute Gasteiger partial charge is 0.173 e. The average Bonchev–Trinajstić information content (AvgIpc) is 3.17. The molecule has 2 heterocycles. The van der Waals surface area contributed by atoms with Gasteiger partial charge < -0.3 is 4.74 Å². The van der Waals surface area contributed by atoms with Crippen LogP contribution in [0.1, 0.15) is 15.9 Å². The summed E-state index contributed by atoms with van der Waals surface area (Å²) in [4.78, 5) is 22.4. The van der Waals surface area contributed by atoms with Crippen molar-refractivity contribution in [1.29, 1.82) is 0 Å². The van der Waals surface area contributed by atoms with Crippen LogP contribution in [0.2, 0.25) is 0 Å². The maximum Gasteiger partial charge on any atom is 0.173 e. The summed E-state index contributed by atoms with van der Waals surface area (Å²) in [6, 6.07) is 15.7. The average molecular weight is 407 g/mol. The van der Waals surface area contributed by atoms with E-state index in [1.54, 1.807) is 30.8 Å². The van der Waals surface area contributed by atoms with Crippen molar-refractivity contribution >= 4 is 39.1 Å². The molecule has 2 aromatic heterocycles. The van der Waals surface area contributed by atoms with Crippen molar-refractivity contribution in [2.24, 2.45) is 0 Å². The van der Waals surface area contributed by atoms with Gasteiger partial charge in [-0.05, 0) is 24.6 Å². The Morgan fingerprint density at radius 1 is 1.14 bits per heavy atom. The number of Topliss-reactive ketones (excluding diaryl/α,β-unsaturated/α-hetero) is 1. The number of fused-ring (bicyclic) bond motifs is 1. The maximum atomic E-state index is 12.6. The monoisotopic (exact) mass is 406 g/mol. The standard InChI is InChI=1S/C22H18N2O2S2/c1-14-6-8-15(9-7-14)18-11-27-21-20(18)22(24-13-23-21)28-12-19(25)16-4-3-5-17(10-16)26-2/h3-11,13H,12H2,1-2H3. The van der Waals surface area contributed by atoms with Gasteiger partial charge in [-0.1, -0.05) is 53.7 Å². The Morgan fingerprint density at radius 2 is 1.96 bits per heavy atom. The van der Waals surface area contributed by atoms with Gasteiger partial charge in [0.25, 0.3) is 0 Å². The van der Waals surface area contributed by atoms with E-state index in [4.69, 9.17) is 4.74 Å². The Kier molecular flexibility index (Phi) is 5.41. The van der Waals surface area contributed by atoms with E-state index >= 15 is 0 Å². The maximum absolute atomic E-state index is 12.6. The van der Waals surface area contributed by atoms with Gasteiger partial charge in [0, 0.05) is 16.5 Å². The Hall–Kier alpha value is -2.70. The van der Waals surface area contributed by atoms with Crippen LogP contribution < -0.4 is 4.74 Å². The summed E-state index contributed by atoms with van der Waals surface area (Å²) in [6.07, 6.45) is 1.57. The zero-order chi connectivity index (χ0) is 19.5. The topological polar surface area (TPSA) is 52.1 Å². The third kappa shape index (κ3) is 3.79. The van der Waals surface area contributed by atoms with E-state index in [9.17, 15) is 4.79 Å². The number of aromatic nitrogens is 2. The van der Waals surface area contributed by atoms with Crippen molar-refractivity contribution in [3.63, 3.8) is 0 Å². The minimum Gasteiger partial charge on any atom is -0.497 e. The Morgan fingerprint density at radius 3 is 2.75 bits per heavy atom. The normalized spacial score (nSPS) is 10.9. The van der Waals surface area contributed by atoms with E-state index in [0.717, 1.165) is 26.4 Å². The van der Waals surface area contributed by atoms with Crippen LogP contribution in [-0.4, -0.2) is 28.6 Å². The van der Waals surface area contributed by atoms with Gasteiger partial charge in [0.05, 0.1) is 18.2 Å². The molecule has 0 N–H and O–H groups in total. The van der Waals surface area contributed by atoms with Crippen molar-refractivity contribution < 1.29 is 9.53 Å². The number of hydrogen-bond acceptors (Lipinski definition) is 6. The zero-order valence-corrected chi connectivity index (χ0v) is 17.1. The van der Waals surface area contributed by atoms with Crippen LogP contribution in [0.15, 0.2) is 65.3 Å². The van der Waals surface area contributed by atoms with Crippen LogP contribution in [0.5, 0.6) is 5.75 Å². The molecule has 0 unspecified atom stereocenters. The SMILES string of the molecule is COc1cccc(C(=O)CSc2ncnc3scc(-c4ccc(C)cc4)c23)c1. The van der Waals surface area contributed by atoms with Crippen LogP contribution in [-0.2, 0) is 0 Å². The first-order chi connectivity index (χ1) is 13.7. The fourth-order valence-corrected chi connectivity index (χ4v) is 4.80. The van der Waals surface area contributed by atoms with E-state index in [-0.39, 0.29) is 5.78 Å². The lowest BCUT2D eigenvalue weighted by Crippen LogP contribution is -2.03. The lowest BCUT2D eigenvalue weighted by atomic mass is 10.1. The number of thiophene rings is 1. The highest BCUT2D eigenvalue weighted by atomic mass is 32.2. The fourth-order valence-electron chi connectivity index (χ4n) is 2.92. The van der Waals surface area contributed by atoms with E-state index in [1.807, 2.05) is 18.2 Å². The minimum absolute atomic E-state index is 0.0442. The molecule has 0 spiro atoms. The highest BCUT2D eigenvalue weighted by Crippen LogP contribution is 2.38. The lowest BCUT2D eigenvalue weighted by Gasteiger charge is -2.06. The first kappa shape index (κ1) is 18.7. The Bertz CT molecular complexity index is 1140. The largest absolute Gasteiger partial charge is 0.497 e. The summed E-state index contributed by atoms with van der Waals surface area (Å²) in [7, 11) is 1.60. The summed E-state index contributed by atoms with van der Waals surface area (Å²) < 4.78 is 5.21. The van der Waals surface area contributed by atoms with Crippen molar-refractivity contribution in [2.75, 3.05) is 12.9 Å². The second kappa shape index (κ2) is 8.12. The molecule has 0 bridgehead atoms. The Balaban J connectivity index is 1.63. The third-order valence-corrected chi connectivity index (χ3v) is 6.31. The molecule has 2 aromatic carbocycles. The molecule has 4 nitrogen and oxygen atoms in total. The summed E-state index contributed by atoms with van der Waals surface area (Å²) >= 11 is 3.04. The van der Waals surface area contributed by atoms with Gasteiger partial charge in [0.15, 0.2) is 5.78 Å². The molecule has 0 amide bonds. The molecule has 4 rings (SSSR count). The number of aryl methyl sites for hydroxylation is 1. The van der Waals surface area contributed by atoms with Gasteiger partial charge in [0.2, 0.25) is 0 Å². The minimum atomic E-state index is 0.0442. The molecule has 28 heavy (non-hydrogen) atoms. The molecule has 0 aliphatic rings. The number of rotatable bonds is 6. The number of hydrogen-bond donors (Lipinski definition) is 0. The number of benzene rings is 2. The summed E-state index contributed by atoms with van der Waals surface area (Å²) in [5.41, 5.74) is 4.10. The lowest BCUT2D eigenvalue weighted by molar-refractivity contribution is 0.102. The van der Waals surface area contributed by atoms with Crippen LogP contribution in [0.3, 0.4) is 0 Å². The summed E-state index contributed by atoms with van der Waals surface area (Å²) in [5.74, 6) is 1.03. The van der Waals surface area contributed by atoms with E-state index < -0.39 is 0 Å². The molecule has 0 saturated heterocycles. The second-order valence-corrected chi connectivity index (χ2v) is 8.14. The fraction of sp³-hybridized carbons (Fsp3) is 0.136. The van der Waals surface area contributed by atoms with Crippen molar-refractivity contribution in [1.82, 2.24) is 9.97 Å². The van der Waals surface area contributed by atoms with Gasteiger partial charge in [0.1, 0.15) is 21.9 Å². The Labute approximate surface area is 171 Å². The van der Waals surface area contributed by atoms with Gasteiger partial charge in [-0.25, -0.2) is 9.97 Å². The van der Waals surface area contributed by atoms with E-state index in [2.05, 4.69) is 46.5 Å². The predicted molar refractivity (Wildman–Crippen MR) is 116 cm³/mol. The molecule has 0 saturated carbocycles. The number of ether oxygens (including phenoxy) is 1. The number of nitrogens with zero attached hydrogens (tertiary/aromatic N) is 2. The van der Waals surface area contributed by atoms with Crippen LogP contribution in [0.4, 0.5) is 0 Å². The number of thioether (sulfide) groups is 1. The third-order valence-electron chi connectivity index (χ3n) is 4.43.